The largest absolute Gasteiger partial charge is 0.444 e. The SMILES string of the molecule is CC(C)(C)OC(=O)N1C[C@@]2(c3cc(Cl)ccc3F)C[C@H]2C1C(=O)C=[N+]=N. The van der Waals surface area contributed by atoms with E-state index in [4.69, 9.17) is 21.9 Å². The third-order valence-corrected chi connectivity index (χ3v) is 5.11. The first-order chi connectivity index (χ1) is 12.1. The van der Waals surface area contributed by atoms with Crippen molar-refractivity contribution in [3.63, 3.8) is 0 Å². The number of benzene rings is 1. The topological polar surface area (TPSA) is 84.6 Å². The van der Waals surface area contributed by atoms with Crippen LogP contribution >= 0.6 is 11.6 Å². The first-order valence-electron chi connectivity index (χ1n) is 8.28. The van der Waals surface area contributed by atoms with Crippen LogP contribution in [0.15, 0.2) is 18.2 Å². The molecule has 138 valence electrons. The number of nitrogens with zero attached hydrogens (tertiary/aromatic N) is 2. The number of Topliss-reactive ketones (excluding diaryl/α,β-unsaturated/α-hetero) is 1. The zero-order chi connectivity index (χ0) is 19.3. The van der Waals surface area contributed by atoms with Crippen molar-refractivity contribution in [3.8, 4) is 0 Å². The number of likely N-dealkylation sites (tertiary alicyclic amines) is 1. The van der Waals surface area contributed by atoms with Crippen molar-refractivity contribution in [1.29, 1.82) is 5.53 Å². The molecule has 2 fully saturated rings. The lowest BCUT2D eigenvalue weighted by atomic mass is 9.93. The number of rotatable bonds is 3. The number of carbonyl (C=O) groups is 2. The summed E-state index contributed by atoms with van der Waals surface area (Å²) in [5.41, 5.74) is 5.92. The molecule has 1 heterocycles. The molecule has 1 saturated carbocycles. The van der Waals surface area contributed by atoms with Gasteiger partial charge in [0.05, 0.1) is 10.3 Å². The second-order valence-corrected chi connectivity index (χ2v) is 8.24. The van der Waals surface area contributed by atoms with Crippen LogP contribution in [0.5, 0.6) is 0 Å². The van der Waals surface area contributed by atoms with Crippen LogP contribution < -0.4 is 0 Å². The molecule has 3 atom stereocenters. The molecule has 1 aliphatic heterocycles. The average Bonchev–Trinajstić information content (AvgIpc) is 3.14. The molecular formula is C18H20ClFN3O3+. The fourth-order valence-electron chi connectivity index (χ4n) is 3.81. The van der Waals surface area contributed by atoms with E-state index in [1.165, 1.54) is 17.0 Å². The van der Waals surface area contributed by atoms with E-state index in [1.54, 1.807) is 26.8 Å². The van der Waals surface area contributed by atoms with Crippen LogP contribution in [0.2, 0.25) is 5.02 Å². The number of halogens is 2. The molecule has 8 heteroatoms. The predicted molar refractivity (Wildman–Crippen MR) is 92.0 cm³/mol. The Hall–Kier alpha value is -2.24. The van der Waals surface area contributed by atoms with Gasteiger partial charge in [-0.05, 0) is 56.9 Å². The average molecular weight is 381 g/mol. The van der Waals surface area contributed by atoms with Crippen molar-refractivity contribution >= 4 is 29.7 Å². The summed E-state index contributed by atoms with van der Waals surface area (Å²) in [6.45, 7) is 5.36. The summed E-state index contributed by atoms with van der Waals surface area (Å²) in [5.74, 6) is -1.13. The van der Waals surface area contributed by atoms with E-state index < -0.39 is 34.8 Å². The minimum atomic E-state index is -0.822. The molecule has 3 rings (SSSR count). The van der Waals surface area contributed by atoms with Gasteiger partial charge in [0, 0.05) is 17.0 Å². The highest BCUT2D eigenvalue weighted by Gasteiger charge is 2.69. The highest BCUT2D eigenvalue weighted by Crippen LogP contribution is 2.62. The molecule has 0 aromatic heterocycles. The summed E-state index contributed by atoms with van der Waals surface area (Å²) < 4.78 is 19.8. The fourth-order valence-corrected chi connectivity index (χ4v) is 3.99. The van der Waals surface area contributed by atoms with Crippen molar-refractivity contribution in [1.82, 2.24) is 4.90 Å². The maximum atomic E-state index is 14.4. The summed E-state index contributed by atoms with van der Waals surface area (Å²) >= 11 is 6.03. The number of fused-ring (bicyclic) bond motifs is 1. The van der Waals surface area contributed by atoms with Gasteiger partial charge in [-0.2, -0.15) is 0 Å². The fraction of sp³-hybridized carbons (Fsp3) is 0.500. The molecular weight excluding hydrogens is 361 g/mol. The number of piperidine rings is 1. The van der Waals surface area contributed by atoms with Crippen molar-refractivity contribution in [2.24, 2.45) is 5.92 Å². The Morgan fingerprint density at radius 1 is 1.46 bits per heavy atom. The highest BCUT2D eigenvalue weighted by molar-refractivity contribution is 6.30. The van der Waals surface area contributed by atoms with Gasteiger partial charge in [0.15, 0.2) is 0 Å². The standard InChI is InChI=1S/C18H20ClFN3O3/c1-17(2,3)26-16(25)23-9-18(11-6-10(19)4-5-13(11)20)7-12(18)15(23)14(24)8-22-21/h4-6,8,12,15,21H,7,9H2,1-3H3/q+1/t12-,15?,18+/m0/s1. The second kappa shape index (κ2) is 6.18. The van der Waals surface area contributed by atoms with E-state index in [0.717, 1.165) is 6.21 Å². The minimum Gasteiger partial charge on any atom is -0.444 e. The maximum Gasteiger partial charge on any atom is 0.410 e. The third-order valence-electron chi connectivity index (χ3n) is 4.88. The lowest BCUT2D eigenvalue weighted by Gasteiger charge is -2.29. The molecule has 0 radical (unpaired) electrons. The van der Waals surface area contributed by atoms with E-state index in [-0.39, 0.29) is 12.5 Å². The number of nitrogens with one attached hydrogen (secondary N) is 1. The molecule has 2 aliphatic rings. The smallest absolute Gasteiger partial charge is 0.410 e. The van der Waals surface area contributed by atoms with Crippen LogP contribution in [0.3, 0.4) is 0 Å². The molecule has 26 heavy (non-hydrogen) atoms. The molecule has 1 amide bonds. The number of carbonyl (C=O) groups excluding carboxylic acids is 2. The summed E-state index contributed by atoms with van der Waals surface area (Å²) in [6.07, 6.45) is 0.805. The van der Waals surface area contributed by atoms with Gasteiger partial charge in [0.25, 0.3) is 5.78 Å². The van der Waals surface area contributed by atoms with Crippen LogP contribution in [-0.2, 0) is 14.9 Å². The molecule has 0 bridgehead atoms. The summed E-state index contributed by atoms with van der Waals surface area (Å²) in [5, 5.41) is 0.396. The van der Waals surface area contributed by atoms with Crippen molar-refractivity contribution < 1.29 is 23.5 Å². The molecule has 1 saturated heterocycles. The molecule has 1 aliphatic carbocycles. The van der Waals surface area contributed by atoms with Crippen molar-refractivity contribution in [2.75, 3.05) is 6.54 Å². The maximum absolute atomic E-state index is 14.4. The first-order valence-corrected chi connectivity index (χ1v) is 8.66. The number of amides is 1. The Kier molecular flexibility index (Phi) is 4.41. The Balaban J connectivity index is 1.98. The van der Waals surface area contributed by atoms with Gasteiger partial charge in [0.1, 0.15) is 17.5 Å². The van der Waals surface area contributed by atoms with Crippen molar-refractivity contribution in [3.05, 3.63) is 34.6 Å². The first kappa shape index (κ1) is 18.5. The molecule has 1 N–H and O–H groups in total. The van der Waals surface area contributed by atoms with E-state index in [9.17, 15) is 14.0 Å². The highest BCUT2D eigenvalue weighted by atomic mass is 35.5. The lowest BCUT2D eigenvalue weighted by Crippen LogP contribution is -2.46. The molecule has 6 nitrogen and oxygen atoms in total. The Labute approximate surface area is 155 Å². The normalized spacial score (nSPS) is 26.7. The van der Waals surface area contributed by atoms with Crippen LogP contribution in [-0.4, -0.2) is 46.0 Å². The van der Waals surface area contributed by atoms with Gasteiger partial charge in [0.2, 0.25) is 0 Å². The number of hydrogen-bond donors (Lipinski definition) is 1. The number of ether oxygens (including phenoxy) is 1. The number of hydrogen-bond acceptors (Lipinski definition) is 4. The van der Waals surface area contributed by atoms with Gasteiger partial charge < -0.3 is 4.74 Å². The molecule has 1 aromatic carbocycles. The second-order valence-electron chi connectivity index (χ2n) is 7.80. The zero-order valence-corrected chi connectivity index (χ0v) is 15.5. The molecule has 1 aromatic rings. The van der Waals surface area contributed by atoms with E-state index in [0.29, 0.717) is 17.0 Å². The van der Waals surface area contributed by atoms with Crippen LogP contribution in [0.4, 0.5) is 9.18 Å². The Morgan fingerprint density at radius 2 is 2.15 bits per heavy atom. The third kappa shape index (κ3) is 3.13. The summed E-state index contributed by atoms with van der Waals surface area (Å²) in [6, 6.07) is 3.48. The van der Waals surface area contributed by atoms with Gasteiger partial charge >= 0.3 is 12.3 Å². The van der Waals surface area contributed by atoms with Crippen LogP contribution in [0.1, 0.15) is 32.8 Å². The van der Waals surface area contributed by atoms with Gasteiger partial charge in [-0.15, -0.1) is 0 Å². The monoisotopic (exact) mass is 380 g/mol. The van der Waals surface area contributed by atoms with Crippen molar-refractivity contribution in [2.45, 2.75) is 44.2 Å². The van der Waals surface area contributed by atoms with Gasteiger partial charge in [-0.1, -0.05) is 11.6 Å². The minimum absolute atomic E-state index is 0.159. The Bertz CT molecular complexity index is 831. The number of ketones is 1. The lowest BCUT2D eigenvalue weighted by molar-refractivity contribution is -0.134. The predicted octanol–water partition coefficient (Wildman–Crippen LogP) is 3.24. The van der Waals surface area contributed by atoms with E-state index in [2.05, 4.69) is 4.79 Å². The van der Waals surface area contributed by atoms with E-state index >= 15 is 0 Å². The molecule has 1 unspecified atom stereocenters. The Morgan fingerprint density at radius 3 is 2.77 bits per heavy atom. The molecule has 0 spiro atoms. The summed E-state index contributed by atoms with van der Waals surface area (Å²) in [4.78, 5) is 29.4. The van der Waals surface area contributed by atoms with Gasteiger partial charge in [-0.3, -0.25) is 9.69 Å². The van der Waals surface area contributed by atoms with Crippen LogP contribution in [0.25, 0.3) is 0 Å². The quantitative estimate of drug-likeness (QED) is 0.496. The zero-order valence-electron chi connectivity index (χ0n) is 14.8. The van der Waals surface area contributed by atoms with Gasteiger partial charge in [-0.25, -0.2) is 9.18 Å². The van der Waals surface area contributed by atoms with E-state index in [1.807, 2.05) is 0 Å². The van der Waals surface area contributed by atoms with Crippen LogP contribution in [0, 0.1) is 17.3 Å². The summed E-state index contributed by atoms with van der Waals surface area (Å²) in [7, 11) is 0.